The molecule has 1 amide bonds. The van der Waals surface area contributed by atoms with Crippen molar-refractivity contribution in [3.63, 3.8) is 0 Å². The van der Waals surface area contributed by atoms with E-state index >= 15 is 0 Å². The molecule has 2 atom stereocenters. The van der Waals surface area contributed by atoms with Gasteiger partial charge in [0.15, 0.2) is 0 Å². The fourth-order valence-electron chi connectivity index (χ4n) is 3.65. The van der Waals surface area contributed by atoms with Gasteiger partial charge in [0.1, 0.15) is 17.5 Å². The lowest BCUT2D eigenvalue weighted by atomic mass is 9.84. The summed E-state index contributed by atoms with van der Waals surface area (Å²) < 4.78 is 12.4. The second kappa shape index (κ2) is 6.10. The second-order valence-electron chi connectivity index (χ2n) is 7.31. The van der Waals surface area contributed by atoms with Gasteiger partial charge in [-0.25, -0.2) is 0 Å². The van der Waals surface area contributed by atoms with Crippen LogP contribution in [-0.4, -0.2) is 35.2 Å². The predicted octanol–water partition coefficient (Wildman–Crippen LogP) is 3.19. The molecule has 5 nitrogen and oxygen atoms in total. The molecular weight excluding hydrogens is 304 g/mol. The minimum absolute atomic E-state index is 0.0128. The van der Waals surface area contributed by atoms with Gasteiger partial charge >= 0.3 is 0 Å². The van der Waals surface area contributed by atoms with Crippen molar-refractivity contribution in [3.8, 4) is 11.8 Å². The maximum atomic E-state index is 12.4. The highest BCUT2D eigenvalue weighted by atomic mass is 16.6. The Bertz CT molecular complexity index is 690. The SMILES string of the molecule is CC(C)OC1C(N2CCCC2=O)c2cc(C#N)ccc2OC1(C)C. The second-order valence-corrected chi connectivity index (χ2v) is 7.31. The van der Waals surface area contributed by atoms with Gasteiger partial charge in [0.25, 0.3) is 0 Å². The normalized spacial score (nSPS) is 25.3. The zero-order valence-corrected chi connectivity index (χ0v) is 14.7. The number of ether oxygens (including phenoxy) is 2. The van der Waals surface area contributed by atoms with Gasteiger partial charge in [-0.05, 0) is 52.3 Å². The van der Waals surface area contributed by atoms with E-state index in [2.05, 4.69) is 6.07 Å². The molecule has 3 rings (SSSR count). The number of carbonyl (C=O) groups is 1. The van der Waals surface area contributed by atoms with E-state index in [9.17, 15) is 10.1 Å². The van der Waals surface area contributed by atoms with Crippen LogP contribution in [0.2, 0.25) is 0 Å². The van der Waals surface area contributed by atoms with E-state index in [1.54, 1.807) is 6.07 Å². The zero-order chi connectivity index (χ0) is 17.5. The number of amides is 1. The summed E-state index contributed by atoms with van der Waals surface area (Å²) in [5.41, 5.74) is 0.866. The molecule has 5 heteroatoms. The Labute approximate surface area is 143 Å². The highest BCUT2D eigenvalue weighted by molar-refractivity contribution is 5.79. The van der Waals surface area contributed by atoms with Crippen LogP contribution in [0.5, 0.6) is 5.75 Å². The quantitative estimate of drug-likeness (QED) is 0.855. The first-order valence-electron chi connectivity index (χ1n) is 8.51. The molecular formula is C19H24N2O3. The number of benzene rings is 1. The molecule has 0 N–H and O–H groups in total. The molecule has 1 aromatic carbocycles. The molecule has 0 spiro atoms. The van der Waals surface area contributed by atoms with Gasteiger partial charge in [-0.15, -0.1) is 0 Å². The molecule has 0 aliphatic carbocycles. The molecule has 0 aromatic heterocycles. The predicted molar refractivity (Wildman–Crippen MR) is 89.6 cm³/mol. The fourth-order valence-corrected chi connectivity index (χ4v) is 3.65. The van der Waals surface area contributed by atoms with Gasteiger partial charge in [-0.3, -0.25) is 4.79 Å². The maximum Gasteiger partial charge on any atom is 0.223 e. The molecule has 24 heavy (non-hydrogen) atoms. The maximum absolute atomic E-state index is 12.4. The highest BCUT2D eigenvalue weighted by Crippen LogP contribution is 2.46. The van der Waals surface area contributed by atoms with Gasteiger partial charge in [0.05, 0.1) is 23.8 Å². The first-order valence-corrected chi connectivity index (χ1v) is 8.51. The van der Waals surface area contributed by atoms with E-state index in [0.29, 0.717) is 18.5 Å². The van der Waals surface area contributed by atoms with Gasteiger partial charge in [0, 0.05) is 18.5 Å². The monoisotopic (exact) mass is 328 g/mol. The van der Waals surface area contributed by atoms with Crippen LogP contribution >= 0.6 is 0 Å². The topological polar surface area (TPSA) is 62.6 Å². The summed E-state index contributed by atoms with van der Waals surface area (Å²) in [4.78, 5) is 14.3. The van der Waals surface area contributed by atoms with Crippen molar-refractivity contribution in [2.45, 2.75) is 64.4 Å². The Hall–Kier alpha value is -2.06. The number of likely N-dealkylation sites (tertiary alicyclic amines) is 1. The molecule has 2 heterocycles. The lowest BCUT2D eigenvalue weighted by Crippen LogP contribution is -2.55. The number of nitriles is 1. The molecule has 2 unspecified atom stereocenters. The van der Waals surface area contributed by atoms with E-state index < -0.39 is 5.60 Å². The van der Waals surface area contributed by atoms with Crippen LogP contribution in [0.3, 0.4) is 0 Å². The third-order valence-corrected chi connectivity index (χ3v) is 4.67. The summed E-state index contributed by atoms with van der Waals surface area (Å²) in [6.07, 6.45) is 1.15. The lowest BCUT2D eigenvalue weighted by Gasteiger charge is -2.48. The molecule has 0 bridgehead atoms. The summed E-state index contributed by atoms with van der Waals surface area (Å²) in [6, 6.07) is 7.36. The number of hydrogen-bond donors (Lipinski definition) is 0. The third-order valence-electron chi connectivity index (χ3n) is 4.67. The minimum Gasteiger partial charge on any atom is -0.485 e. The van der Waals surface area contributed by atoms with Crippen LogP contribution in [-0.2, 0) is 9.53 Å². The van der Waals surface area contributed by atoms with E-state index in [0.717, 1.165) is 17.7 Å². The molecule has 0 radical (unpaired) electrons. The van der Waals surface area contributed by atoms with Crippen molar-refractivity contribution < 1.29 is 14.3 Å². The average molecular weight is 328 g/mol. The standard InChI is InChI=1S/C19H24N2O3/c1-12(2)23-18-17(21-9-5-6-16(21)22)14-10-13(11-20)7-8-15(14)24-19(18,3)4/h7-8,10,12,17-18H,5-6,9H2,1-4H3. The van der Waals surface area contributed by atoms with Crippen molar-refractivity contribution in [2.24, 2.45) is 0 Å². The Morgan fingerprint density at radius 2 is 2.17 bits per heavy atom. The summed E-state index contributed by atoms with van der Waals surface area (Å²) in [6.45, 7) is 8.68. The van der Waals surface area contributed by atoms with Crippen molar-refractivity contribution in [1.82, 2.24) is 4.90 Å². The summed E-state index contributed by atoms with van der Waals surface area (Å²) in [5.74, 6) is 0.871. The number of rotatable bonds is 3. The minimum atomic E-state index is -0.570. The summed E-state index contributed by atoms with van der Waals surface area (Å²) in [7, 11) is 0. The van der Waals surface area contributed by atoms with E-state index in [4.69, 9.17) is 9.47 Å². The zero-order valence-electron chi connectivity index (χ0n) is 14.7. The van der Waals surface area contributed by atoms with E-state index in [1.165, 1.54) is 0 Å². The van der Waals surface area contributed by atoms with E-state index in [1.807, 2.05) is 44.7 Å². The average Bonchev–Trinajstić information content (AvgIpc) is 2.93. The smallest absolute Gasteiger partial charge is 0.223 e. The molecule has 1 aromatic rings. The van der Waals surface area contributed by atoms with Gasteiger partial charge in [-0.1, -0.05) is 0 Å². The number of fused-ring (bicyclic) bond motifs is 1. The molecule has 2 aliphatic heterocycles. The van der Waals surface area contributed by atoms with Gasteiger partial charge < -0.3 is 14.4 Å². The van der Waals surface area contributed by atoms with Gasteiger partial charge in [-0.2, -0.15) is 5.26 Å². The van der Waals surface area contributed by atoms with E-state index in [-0.39, 0.29) is 24.2 Å². The molecule has 1 fully saturated rings. The number of hydrogen-bond acceptors (Lipinski definition) is 4. The van der Waals surface area contributed by atoms with Crippen LogP contribution < -0.4 is 4.74 Å². The largest absolute Gasteiger partial charge is 0.485 e. The van der Waals surface area contributed by atoms with Crippen molar-refractivity contribution in [1.29, 1.82) is 5.26 Å². The van der Waals surface area contributed by atoms with Crippen molar-refractivity contribution >= 4 is 5.91 Å². The lowest BCUT2D eigenvalue weighted by molar-refractivity contribution is -0.157. The van der Waals surface area contributed by atoms with Crippen LogP contribution in [0.4, 0.5) is 0 Å². The number of carbonyl (C=O) groups excluding carboxylic acids is 1. The Balaban J connectivity index is 2.13. The third kappa shape index (κ3) is 2.87. The first kappa shape index (κ1) is 16.8. The summed E-state index contributed by atoms with van der Waals surface area (Å²) in [5, 5.41) is 9.25. The number of nitrogens with zero attached hydrogens (tertiary/aromatic N) is 2. The highest BCUT2D eigenvalue weighted by Gasteiger charge is 2.49. The van der Waals surface area contributed by atoms with Gasteiger partial charge in [0.2, 0.25) is 5.91 Å². The van der Waals surface area contributed by atoms with Crippen LogP contribution in [0.15, 0.2) is 18.2 Å². The first-order chi connectivity index (χ1) is 11.3. The molecule has 2 aliphatic rings. The Kier molecular flexibility index (Phi) is 4.27. The van der Waals surface area contributed by atoms with Crippen molar-refractivity contribution in [2.75, 3.05) is 6.54 Å². The molecule has 128 valence electrons. The van der Waals surface area contributed by atoms with Crippen LogP contribution in [0, 0.1) is 11.3 Å². The van der Waals surface area contributed by atoms with Crippen LogP contribution in [0.1, 0.15) is 57.7 Å². The van der Waals surface area contributed by atoms with Crippen molar-refractivity contribution in [3.05, 3.63) is 29.3 Å². The summed E-state index contributed by atoms with van der Waals surface area (Å²) >= 11 is 0. The molecule has 0 saturated carbocycles. The fraction of sp³-hybridized carbons (Fsp3) is 0.579. The Morgan fingerprint density at radius 3 is 2.75 bits per heavy atom. The van der Waals surface area contributed by atoms with Crippen LogP contribution in [0.25, 0.3) is 0 Å². The Morgan fingerprint density at radius 1 is 1.42 bits per heavy atom. The molecule has 1 saturated heterocycles.